The molecule has 0 aliphatic heterocycles. The van der Waals surface area contributed by atoms with E-state index >= 15 is 0 Å². The second-order valence-corrected chi connectivity index (χ2v) is 6.67. The van der Waals surface area contributed by atoms with Crippen LogP contribution in [0.4, 0.5) is 5.69 Å². The summed E-state index contributed by atoms with van der Waals surface area (Å²) in [6.45, 7) is -0.0359. The van der Waals surface area contributed by atoms with E-state index < -0.39 is 0 Å². The lowest BCUT2D eigenvalue weighted by molar-refractivity contribution is -0.124. The number of ether oxygens (including phenoxy) is 1. The fourth-order valence-electron chi connectivity index (χ4n) is 1.81. The van der Waals surface area contributed by atoms with Crippen molar-refractivity contribution in [2.75, 3.05) is 11.9 Å². The Morgan fingerprint density at radius 1 is 0.957 bits per heavy atom. The highest BCUT2D eigenvalue weighted by molar-refractivity contribution is 9.10. The summed E-state index contributed by atoms with van der Waals surface area (Å²) in [5.74, 6) is 0.317. The van der Waals surface area contributed by atoms with Crippen LogP contribution in [0, 0.1) is 0 Å². The molecule has 4 nitrogen and oxygen atoms in total. The van der Waals surface area contributed by atoms with E-state index in [4.69, 9.17) is 4.74 Å². The molecule has 2 rings (SSSR count). The van der Waals surface area contributed by atoms with Gasteiger partial charge in [-0.25, -0.2) is 0 Å². The number of halogens is 2. The highest BCUT2D eigenvalue weighted by Crippen LogP contribution is 2.17. The lowest BCUT2D eigenvalue weighted by Crippen LogP contribution is -2.16. The van der Waals surface area contributed by atoms with Crippen molar-refractivity contribution < 1.29 is 14.3 Å². The van der Waals surface area contributed by atoms with Gasteiger partial charge in [0.1, 0.15) is 12.4 Å². The maximum Gasteiger partial charge on any atom is 0.224 e. The molecular formula is C17H15Br2NO3. The minimum Gasteiger partial charge on any atom is -0.486 e. The number of nitrogens with one attached hydrogen (secondary N) is 1. The number of amides is 1. The molecule has 2 aromatic carbocycles. The van der Waals surface area contributed by atoms with Crippen molar-refractivity contribution in [2.45, 2.75) is 12.8 Å². The molecule has 0 unspecified atom stereocenters. The van der Waals surface area contributed by atoms with Crippen molar-refractivity contribution in [3.8, 4) is 5.75 Å². The molecule has 1 N–H and O–H groups in total. The average Bonchev–Trinajstić information content (AvgIpc) is 2.52. The van der Waals surface area contributed by atoms with Gasteiger partial charge in [-0.3, -0.25) is 9.59 Å². The molecule has 0 saturated carbocycles. The lowest BCUT2D eigenvalue weighted by Gasteiger charge is -2.07. The third-order valence-electron chi connectivity index (χ3n) is 2.95. The van der Waals surface area contributed by atoms with E-state index in [1.165, 1.54) is 0 Å². The Kier molecular flexibility index (Phi) is 6.80. The number of carbonyl (C=O) groups is 2. The Bertz CT molecular complexity index is 686. The molecule has 0 aliphatic carbocycles. The van der Waals surface area contributed by atoms with Crippen molar-refractivity contribution in [3.63, 3.8) is 0 Å². The van der Waals surface area contributed by atoms with Gasteiger partial charge in [-0.15, -0.1) is 0 Å². The standard InChI is InChI=1S/C17H15Br2NO3/c18-12-4-7-16(8-5-12)23-11-15(21)6-9-17(22)20-14-3-1-2-13(19)10-14/h1-5,7-8,10H,6,9,11H2,(H,20,22). The SMILES string of the molecule is O=C(CCC(=O)Nc1cccc(Br)c1)COc1ccc(Br)cc1. The fraction of sp³-hybridized carbons (Fsp3) is 0.176. The zero-order chi connectivity index (χ0) is 16.7. The van der Waals surface area contributed by atoms with Gasteiger partial charge in [0, 0.05) is 27.5 Å². The van der Waals surface area contributed by atoms with Crippen LogP contribution < -0.4 is 10.1 Å². The van der Waals surface area contributed by atoms with Crippen molar-refractivity contribution in [1.82, 2.24) is 0 Å². The van der Waals surface area contributed by atoms with Gasteiger partial charge in [0.2, 0.25) is 5.91 Å². The van der Waals surface area contributed by atoms with Gasteiger partial charge < -0.3 is 10.1 Å². The number of hydrogen-bond donors (Lipinski definition) is 1. The van der Waals surface area contributed by atoms with Crippen molar-refractivity contribution in [3.05, 3.63) is 57.5 Å². The summed E-state index contributed by atoms with van der Waals surface area (Å²) in [4.78, 5) is 23.6. The van der Waals surface area contributed by atoms with Crippen LogP contribution in [0.2, 0.25) is 0 Å². The molecule has 0 bridgehead atoms. The third kappa shape index (κ3) is 6.54. The summed E-state index contributed by atoms with van der Waals surface area (Å²) < 4.78 is 7.21. The predicted octanol–water partition coefficient (Wildman–Crippen LogP) is 4.58. The molecule has 0 heterocycles. The normalized spacial score (nSPS) is 10.2. The Hall–Kier alpha value is -1.66. The van der Waals surface area contributed by atoms with Crippen LogP contribution in [-0.2, 0) is 9.59 Å². The van der Waals surface area contributed by atoms with Gasteiger partial charge in [-0.2, -0.15) is 0 Å². The predicted molar refractivity (Wildman–Crippen MR) is 96.6 cm³/mol. The molecule has 23 heavy (non-hydrogen) atoms. The summed E-state index contributed by atoms with van der Waals surface area (Å²) in [6.07, 6.45) is 0.283. The first-order valence-corrected chi connectivity index (χ1v) is 8.57. The van der Waals surface area contributed by atoms with Crippen LogP contribution in [0.5, 0.6) is 5.75 Å². The fourth-order valence-corrected chi connectivity index (χ4v) is 2.47. The van der Waals surface area contributed by atoms with Gasteiger partial charge in [-0.05, 0) is 42.5 Å². The van der Waals surface area contributed by atoms with E-state index in [1.807, 2.05) is 24.3 Å². The van der Waals surface area contributed by atoms with Gasteiger partial charge in [-0.1, -0.05) is 37.9 Å². The first kappa shape index (κ1) is 17.7. The van der Waals surface area contributed by atoms with Crippen LogP contribution in [0.1, 0.15) is 12.8 Å². The smallest absolute Gasteiger partial charge is 0.224 e. The number of Topliss-reactive ketones (excluding diaryl/α,β-unsaturated/α-hetero) is 1. The zero-order valence-electron chi connectivity index (χ0n) is 12.2. The van der Waals surface area contributed by atoms with Crippen molar-refractivity contribution in [1.29, 1.82) is 0 Å². The molecule has 6 heteroatoms. The first-order valence-electron chi connectivity index (χ1n) is 6.98. The molecule has 0 aliphatic rings. The minimum atomic E-state index is -0.194. The molecule has 0 radical (unpaired) electrons. The van der Waals surface area contributed by atoms with E-state index in [9.17, 15) is 9.59 Å². The molecular weight excluding hydrogens is 426 g/mol. The molecule has 0 fully saturated rings. The van der Waals surface area contributed by atoms with Crippen molar-refractivity contribution >= 4 is 49.2 Å². The first-order chi connectivity index (χ1) is 11.0. The van der Waals surface area contributed by atoms with E-state index in [2.05, 4.69) is 37.2 Å². The van der Waals surface area contributed by atoms with Crippen LogP contribution in [0.15, 0.2) is 57.5 Å². The topological polar surface area (TPSA) is 55.4 Å². The summed E-state index contributed by atoms with van der Waals surface area (Å²) in [6, 6.07) is 14.5. The maximum absolute atomic E-state index is 11.8. The number of rotatable bonds is 7. The summed E-state index contributed by atoms with van der Waals surface area (Å²) in [7, 11) is 0. The summed E-state index contributed by atoms with van der Waals surface area (Å²) >= 11 is 6.66. The molecule has 1 amide bonds. The van der Waals surface area contributed by atoms with Crippen molar-refractivity contribution in [2.24, 2.45) is 0 Å². The second-order valence-electron chi connectivity index (χ2n) is 4.84. The zero-order valence-corrected chi connectivity index (χ0v) is 15.4. The highest BCUT2D eigenvalue weighted by Gasteiger charge is 2.08. The molecule has 0 saturated heterocycles. The maximum atomic E-state index is 11.8. The van der Waals surface area contributed by atoms with Crippen LogP contribution >= 0.6 is 31.9 Å². The van der Waals surface area contributed by atoms with E-state index in [0.717, 1.165) is 8.95 Å². The number of hydrogen-bond acceptors (Lipinski definition) is 3. The number of ketones is 1. The monoisotopic (exact) mass is 439 g/mol. The molecule has 2 aromatic rings. The average molecular weight is 441 g/mol. The Labute approximate surface area is 151 Å². The van der Waals surface area contributed by atoms with E-state index in [1.54, 1.807) is 24.3 Å². The molecule has 0 aromatic heterocycles. The Morgan fingerprint density at radius 3 is 2.39 bits per heavy atom. The largest absolute Gasteiger partial charge is 0.486 e. The van der Waals surface area contributed by atoms with Crippen LogP contribution in [0.3, 0.4) is 0 Å². The quantitative estimate of drug-likeness (QED) is 0.685. The summed E-state index contributed by atoms with van der Waals surface area (Å²) in [5.41, 5.74) is 0.697. The number of benzene rings is 2. The van der Waals surface area contributed by atoms with Crippen LogP contribution in [0.25, 0.3) is 0 Å². The van der Waals surface area contributed by atoms with Gasteiger partial charge in [0.25, 0.3) is 0 Å². The lowest BCUT2D eigenvalue weighted by atomic mass is 10.2. The number of anilines is 1. The second kappa shape index (κ2) is 8.84. The Balaban J connectivity index is 1.71. The van der Waals surface area contributed by atoms with Gasteiger partial charge in [0.15, 0.2) is 5.78 Å². The Morgan fingerprint density at radius 2 is 1.70 bits per heavy atom. The number of carbonyl (C=O) groups excluding carboxylic acids is 2. The third-order valence-corrected chi connectivity index (χ3v) is 3.97. The van der Waals surface area contributed by atoms with Gasteiger partial charge in [0.05, 0.1) is 0 Å². The summed E-state index contributed by atoms with van der Waals surface area (Å²) in [5, 5.41) is 2.75. The molecule has 120 valence electrons. The minimum absolute atomic E-state index is 0.0359. The van der Waals surface area contributed by atoms with Gasteiger partial charge >= 0.3 is 0 Å². The van der Waals surface area contributed by atoms with E-state index in [0.29, 0.717) is 11.4 Å². The molecule has 0 atom stereocenters. The van der Waals surface area contributed by atoms with E-state index in [-0.39, 0.29) is 31.1 Å². The molecule has 0 spiro atoms. The highest BCUT2D eigenvalue weighted by atomic mass is 79.9. The van der Waals surface area contributed by atoms with Crippen LogP contribution in [-0.4, -0.2) is 18.3 Å².